The molecule has 1 aromatic carbocycles. The van der Waals surface area contributed by atoms with Gasteiger partial charge in [0.2, 0.25) is 0 Å². The summed E-state index contributed by atoms with van der Waals surface area (Å²) >= 11 is 0. The Labute approximate surface area is 207 Å². The van der Waals surface area contributed by atoms with E-state index >= 15 is 4.39 Å². The van der Waals surface area contributed by atoms with E-state index in [2.05, 4.69) is 25.2 Å². The summed E-state index contributed by atoms with van der Waals surface area (Å²) in [6.45, 7) is 0.0379. The average molecular weight is 520 g/mol. The third kappa shape index (κ3) is 4.92. The predicted octanol–water partition coefficient (Wildman–Crippen LogP) is 4.07. The number of ether oxygens (including phenoxy) is 2. The second-order valence-electron chi connectivity index (χ2n) is 9.14. The first-order chi connectivity index (χ1) is 17.7. The van der Waals surface area contributed by atoms with Gasteiger partial charge in [0.1, 0.15) is 17.6 Å². The summed E-state index contributed by atoms with van der Waals surface area (Å²) in [6, 6.07) is 8.20. The van der Waals surface area contributed by atoms with Gasteiger partial charge in [0.05, 0.1) is 43.2 Å². The molecule has 1 unspecified atom stereocenters. The molecular weight excluding hydrogens is 500 g/mol. The van der Waals surface area contributed by atoms with E-state index in [9.17, 15) is 18.0 Å². The van der Waals surface area contributed by atoms with E-state index in [1.165, 1.54) is 17.2 Å². The minimum absolute atomic E-state index is 0.0975. The summed E-state index contributed by atoms with van der Waals surface area (Å²) in [5.74, 6) is -0.552. The molecule has 14 heteroatoms. The SMILES string of the molecule is O=C1O[C@@H](CN2N=N[C@H]3CC32)CN1c1ccc(-c2ccc(C3=NO[C@H](COC(F)(F)F)C3)nc2)c(F)c1. The molecule has 0 spiro atoms. The number of fused-ring (bicyclic) bond motifs is 1. The number of alkyl halides is 3. The molecule has 37 heavy (non-hydrogen) atoms. The number of carbonyl (C=O) groups excluding carboxylic acids is 1. The van der Waals surface area contributed by atoms with Gasteiger partial charge in [-0.2, -0.15) is 5.11 Å². The van der Waals surface area contributed by atoms with Crippen molar-refractivity contribution in [3.63, 3.8) is 0 Å². The predicted molar refractivity (Wildman–Crippen MR) is 119 cm³/mol. The van der Waals surface area contributed by atoms with Crippen molar-refractivity contribution in [1.82, 2.24) is 9.99 Å². The molecule has 0 N–H and O–H groups in total. The van der Waals surface area contributed by atoms with Gasteiger partial charge in [0.15, 0.2) is 6.10 Å². The lowest BCUT2D eigenvalue weighted by Gasteiger charge is -2.17. The van der Waals surface area contributed by atoms with E-state index < -0.39 is 37.1 Å². The largest absolute Gasteiger partial charge is 0.522 e. The average Bonchev–Trinajstić information content (AvgIpc) is 3.16. The maximum atomic E-state index is 15.0. The zero-order valence-corrected chi connectivity index (χ0v) is 19.1. The number of amides is 1. The number of anilines is 1. The normalized spacial score (nSPS) is 26.3. The fraction of sp³-hybridized carbons (Fsp3) is 0.435. The van der Waals surface area contributed by atoms with Crippen LogP contribution in [0.2, 0.25) is 0 Å². The molecule has 1 amide bonds. The van der Waals surface area contributed by atoms with Crippen LogP contribution in [0.1, 0.15) is 18.5 Å². The highest BCUT2D eigenvalue weighted by Crippen LogP contribution is 2.38. The van der Waals surface area contributed by atoms with Crippen LogP contribution in [0, 0.1) is 5.82 Å². The maximum Gasteiger partial charge on any atom is 0.522 e. The summed E-state index contributed by atoms with van der Waals surface area (Å²) < 4.78 is 60.9. The van der Waals surface area contributed by atoms with Gasteiger partial charge in [-0.3, -0.25) is 19.6 Å². The van der Waals surface area contributed by atoms with E-state index in [4.69, 9.17) is 9.57 Å². The first-order valence-electron chi connectivity index (χ1n) is 11.6. The molecule has 1 aromatic heterocycles. The minimum atomic E-state index is -4.75. The number of halogens is 4. The Morgan fingerprint density at radius 1 is 1.16 bits per heavy atom. The number of oxime groups is 1. The molecule has 2 aromatic rings. The van der Waals surface area contributed by atoms with Crippen LogP contribution in [0.25, 0.3) is 11.1 Å². The number of hydrogen-bond donors (Lipinski definition) is 0. The number of hydrogen-bond acceptors (Lipinski definition) is 9. The van der Waals surface area contributed by atoms with Gasteiger partial charge in [0.25, 0.3) is 0 Å². The van der Waals surface area contributed by atoms with Crippen LogP contribution in [-0.4, -0.2) is 72.1 Å². The van der Waals surface area contributed by atoms with Gasteiger partial charge in [-0.15, -0.1) is 13.2 Å². The van der Waals surface area contributed by atoms with Crippen molar-refractivity contribution in [3.8, 4) is 11.1 Å². The molecule has 4 heterocycles. The van der Waals surface area contributed by atoms with E-state index in [1.54, 1.807) is 24.3 Å². The van der Waals surface area contributed by atoms with Gasteiger partial charge in [-0.05, 0) is 30.7 Å². The molecule has 1 saturated carbocycles. The zero-order chi connectivity index (χ0) is 25.7. The van der Waals surface area contributed by atoms with Gasteiger partial charge in [-0.25, -0.2) is 9.18 Å². The van der Waals surface area contributed by atoms with Gasteiger partial charge in [-0.1, -0.05) is 16.4 Å². The van der Waals surface area contributed by atoms with Gasteiger partial charge < -0.3 is 9.57 Å². The van der Waals surface area contributed by atoms with Crippen molar-refractivity contribution in [2.75, 3.05) is 24.6 Å². The molecule has 4 aliphatic rings. The van der Waals surface area contributed by atoms with Crippen molar-refractivity contribution < 1.29 is 36.7 Å². The second kappa shape index (κ2) is 8.94. The first-order valence-corrected chi connectivity index (χ1v) is 11.6. The Bertz CT molecular complexity index is 1270. The Morgan fingerprint density at radius 3 is 2.70 bits per heavy atom. The number of pyridine rings is 1. The highest BCUT2D eigenvalue weighted by molar-refractivity contribution is 5.99. The number of carbonyl (C=O) groups is 1. The van der Waals surface area contributed by atoms with Crippen LogP contribution in [0.3, 0.4) is 0 Å². The number of rotatable bonds is 7. The standard InChI is InChI=1S/C23H20F4N6O4/c24-17-5-13(32-9-15(36-22(32)34)10-33-21-7-20(21)29-31-33)2-3-16(17)12-1-4-18(28-8-12)19-6-14(37-30-19)11-35-23(25,26)27/h1-5,8,14-15,20-21H,6-7,9-11H2/t14-,15+,20-,21?/m0/s1. The number of benzene rings is 1. The smallest absolute Gasteiger partial charge is 0.442 e. The number of nitrogens with zero attached hydrogens (tertiary/aromatic N) is 6. The van der Waals surface area contributed by atoms with Crippen LogP contribution in [0.15, 0.2) is 52.0 Å². The van der Waals surface area contributed by atoms with Crippen LogP contribution in [-0.2, 0) is 14.3 Å². The van der Waals surface area contributed by atoms with E-state index in [0.717, 1.165) is 6.42 Å². The van der Waals surface area contributed by atoms with Gasteiger partial charge in [0, 0.05) is 23.7 Å². The fourth-order valence-electron chi connectivity index (χ4n) is 4.51. The molecule has 10 nitrogen and oxygen atoms in total. The summed E-state index contributed by atoms with van der Waals surface area (Å²) in [6.07, 6.45) is -4.06. The Hall–Kier alpha value is -3.81. The van der Waals surface area contributed by atoms with Crippen molar-refractivity contribution in [3.05, 3.63) is 48.0 Å². The lowest BCUT2D eigenvalue weighted by Crippen LogP contribution is -2.32. The monoisotopic (exact) mass is 520 g/mol. The topological polar surface area (TPSA) is 101 Å². The molecule has 6 rings (SSSR count). The Balaban J connectivity index is 1.08. The molecule has 0 radical (unpaired) electrons. The van der Waals surface area contributed by atoms with Crippen LogP contribution >= 0.6 is 0 Å². The van der Waals surface area contributed by atoms with Crippen LogP contribution in [0.4, 0.5) is 28.0 Å². The summed E-state index contributed by atoms with van der Waals surface area (Å²) in [5.41, 5.74) is 1.88. The summed E-state index contributed by atoms with van der Waals surface area (Å²) in [7, 11) is 0. The molecule has 2 fully saturated rings. The number of aromatic nitrogens is 1. The lowest BCUT2D eigenvalue weighted by atomic mass is 10.0. The highest BCUT2D eigenvalue weighted by Gasteiger charge is 2.48. The second-order valence-corrected chi connectivity index (χ2v) is 9.14. The molecular formula is C23H20F4N6O4. The van der Waals surface area contributed by atoms with Crippen molar-refractivity contribution in [2.24, 2.45) is 15.5 Å². The highest BCUT2D eigenvalue weighted by atomic mass is 19.4. The maximum absolute atomic E-state index is 15.0. The zero-order valence-electron chi connectivity index (χ0n) is 19.1. The van der Waals surface area contributed by atoms with Crippen molar-refractivity contribution in [2.45, 2.75) is 43.5 Å². The number of cyclic esters (lactones) is 1. The molecule has 0 bridgehead atoms. The summed E-state index contributed by atoms with van der Waals surface area (Å²) in [4.78, 5) is 23.0. The molecule has 4 atom stereocenters. The first kappa shape index (κ1) is 23.6. The third-order valence-electron chi connectivity index (χ3n) is 6.49. The van der Waals surface area contributed by atoms with E-state index in [1.807, 2.05) is 5.01 Å². The Kier molecular flexibility index (Phi) is 5.70. The van der Waals surface area contributed by atoms with Crippen LogP contribution in [0.5, 0.6) is 0 Å². The molecule has 3 aliphatic heterocycles. The Morgan fingerprint density at radius 2 is 2.03 bits per heavy atom. The third-order valence-corrected chi connectivity index (χ3v) is 6.49. The summed E-state index contributed by atoms with van der Waals surface area (Å²) in [5, 5.41) is 13.8. The minimum Gasteiger partial charge on any atom is -0.442 e. The van der Waals surface area contributed by atoms with Gasteiger partial charge >= 0.3 is 12.5 Å². The quantitative estimate of drug-likeness (QED) is 0.511. The molecule has 1 aliphatic carbocycles. The molecule has 194 valence electrons. The van der Waals surface area contributed by atoms with E-state index in [0.29, 0.717) is 35.2 Å². The lowest BCUT2D eigenvalue weighted by molar-refractivity contribution is -0.331. The fourth-order valence-corrected chi connectivity index (χ4v) is 4.51. The van der Waals surface area contributed by atoms with Crippen molar-refractivity contribution in [1.29, 1.82) is 0 Å². The van der Waals surface area contributed by atoms with Crippen LogP contribution < -0.4 is 4.90 Å². The molecule has 1 saturated heterocycles. The van der Waals surface area contributed by atoms with E-state index in [-0.39, 0.29) is 24.6 Å². The van der Waals surface area contributed by atoms with Crippen molar-refractivity contribution >= 4 is 17.5 Å².